The number of carbonyl (C=O) groups excluding carboxylic acids is 1. The lowest BCUT2D eigenvalue weighted by molar-refractivity contribution is -0.140. The Kier molecular flexibility index (Phi) is 13.9. The van der Waals surface area contributed by atoms with Crippen LogP contribution in [0.5, 0.6) is 0 Å². The molecule has 0 saturated heterocycles. The third kappa shape index (κ3) is 16.5. The van der Waals surface area contributed by atoms with Crippen molar-refractivity contribution < 1.29 is 38.4 Å². The van der Waals surface area contributed by atoms with E-state index in [9.17, 15) is 9.59 Å². The quantitative estimate of drug-likeness (QED) is 0.269. The summed E-state index contributed by atoms with van der Waals surface area (Å²) in [6.07, 6.45) is 1.56. The van der Waals surface area contributed by atoms with Gasteiger partial charge in [-0.2, -0.15) is 0 Å². The summed E-state index contributed by atoms with van der Waals surface area (Å²) in [5.74, 6) is -1.92. The van der Waals surface area contributed by atoms with Crippen molar-refractivity contribution >= 4 is 11.9 Å². The molecule has 0 aromatic carbocycles. The van der Waals surface area contributed by atoms with Crippen LogP contribution in [0.25, 0.3) is 0 Å². The van der Waals surface area contributed by atoms with Crippen LogP contribution in [0.3, 0.4) is 0 Å². The molecule has 1 N–H and O–H groups in total. The van der Waals surface area contributed by atoms with Gasteiger partial charge in [0.15, 0.2) is 0 Å². The molecule has 0 atom stereocenters. The highest BCUT2D eigenvalue weighted by Crippen LogP contribution is 1.85. The fourth-order valence-electron chi connectivity index (χ4n) is 1.07. The van der Waals surface area contributed by atoms with Gasteiger partial charge in [-0.1, -0.05) is 0 Å². The summed E-state index contributed by atoms with van der Waals surface area (Å²) in [6, 6.07) is 0. The van der Waals surface area contributed by atoms with E-state index in [4.69, 9.17) is 24.1 Å². The van der Waals surface area contributed by atoms with Crippen molar-refractivity contribution in [2.24, 2.45) is 0 Å². The number of hydrogen-bond acceptors (Lipinski definition) is 7. The average Bonchev–Trinajstić information content (AvgIpc) is 2.46. The highest BCUT2D eigenvalue weighted by Gasteiger charge is 1.98. The van der Waals surface area contributed by atoms with Crippen molar-refractivity contribution in [2.45, 2.75) is 0 Å². The molecule has 0 spiro atoms. The standard InChI is InChI=1S/C13H22O8/c1-17-4-5-18-6-7-19-8-9-20-10-11-21-13(16)3-2-12(14)15/h2-3H,4-11H2,1H3,(H,14,15)/b3-2-. The molecule has 0 rings (SSSR count). The van der Waals surface area contributed by atoms with Gasteiger partial charge in [-0.3, -0.25) is 0 Å². The summed E-state index contributed by atoms with van der Waals surface area (Å²) in [5.41, 5.74) is 0. The summed E-state index contributed by atoms with van der Waals surface area (Å²) < 4.78 is 25.1. The zero-order chi connectivity index (χ0) is 15.8. The largest absolute Gasteiger partial charge is 0.478 e. The lowest BCUT2D eigenvalue weighted by atomic mass is 10.5. The smallest absolute Gasteiger partial charge is 0.331 e. The Balaban J connectivity index is 3.19. The molecular weight excluding hydrogens is 284 g/mol. The fourth-order valence-corrected chi connectivity index (χ4v) is 1.07. The monoisotopic (exact) mass is 306 g/mol. The van der Waals surface area contributed by atoms with Crippen LogP contribution >= 0.6 is 0 Å². The molecule has 0 bridgehead atoms. The van der Waals surface area contributed by atoms with E-state index < -0.39 is 11.9 Å². The molecule has 0 aliphatic heterocycles. The van der Waals surface area contributed by atoms with E-state index in [-0.39, 0.29) is 13.2 Å². The van der Waals surface area contributed by atoms with E-state index in [0.717, 1.165) is 6.08 Å². The summed E-state index contributed by atoms with van der Waals surface area (Å²) >= 11 is 0. The molecule has 0 fully saturated rings. The zero-order valence-corrected chi connectivity index (χ0v) is 12.1. The average molecular weight is 306 g/mol. The van der Waals surface area contributed by atoms with Crippen LogP contribution in [0.15, 0.2) is 12.2 Å². The van der Waals surface area contributed by atoms with Crippen molar-refractivity contribution in [3.8, 4) is 0 Å². The number of carboxylic acid groups (broad SMARTS) is 1. The summed E-state index contributed by atoms with van der Waals surface area (Å²) in [7, 11) is 1.61. The summed E-state index contributed by atoms with van der Waals surface area (Å²) in [6.45, 7) is 3.14. The molecule has 0 radical (unpaired) electrons. The molecule has 0 unspecified atom stereocenters. The normalized spacial score (nSPS) is 10.9. The molecule has 21 heavy (non-hydrogen) atoms. The Hall–Kier alpha value is -1.48. The molecule has 0 heterocycles. The maximum atomic E-state index is 11.0. The maximum Gasteiger partial charge on any atom is 0.331 e. The van der Waals surface area contributed by atoms with Crippen LogP contribution in [-0.4, -0.2) is 77.0 Å². The molecule has 8 nitrogen and oxygen atoms in total. The minimum absolute atomic E-state index is 0.0585. The van der Waals surface area contributed by atoms with Gasteiger partial charge in [0.1, 0.15) is 6.61 Å². The molecule has 0 aromatic rings. The van der Waals surface area contributed by atoms with E-state index in [0.29, 0.717) is 45.7 Å². The van der Waals surface area contributed by atoms with Gasteiger partial charge < -0.3 is 28.8 Å². The molecule has 0 aromatic heterocycles. The second kappa shape index (κ2) is 14.9. The lowest BCUT2D eigenvalue weighted by Gasteiger charge is -2.06. The first-order valence-corrected chi connectivity index (χ1v) is 6.46. The van der Waals surface area contributed by atoms with Crippen molar-refractivity contribution in [3.63, 3.8) is 0 Å². The number of ether oxygens (including phenoxy) is 5. The van der Waals surface area contributed by atoms with Crippen LogP contribution < -0.4 is 0 Å². The van der Waals surface area contributed by atoms with Crippen molar-refractivity contribution in [1.29, 1.82) is 0 Å². The van der Waals surface area contributed by atoms with Gasteiger partial charge in [-0.05, 0) is 0 Å². The fraction of sp³-hybridized carbons (Fsp3) is 0.692. The van der Waals surface area contributed by atoms with Crippen LogP contribution in [0.4, 0.5) is 0 Å². The number of carbonyl (C=O) groups is 2. The Morgan fingerprint density at radius 2 is 1.29 bits per heavy atom. The van der Waals surface area contributed by atoms with E-state index in [1.165, 1.54) is 0 Å². The van der Waals surface area contributed by atoms with Gasteiger partial charge in [0.25, 0.3) is 0 Å². The second-order valence-corrected chi connectivity index (χ2v) is 3.67. The molecular formula is C13H22O8. The maximum absolute atomic E-state index is 11.0. The topological polar surface area (TPSA) is 101 Å². The minimum Gasteiger partial charge on any atom is -0.478 e. The SMILES string of the molecule is COCCOCCOCCOCCOC(=O)/C=C\C(=O)O. The predicted molar refractivity (Wildman–Crippen MR) is 72.1 cm³/mol. The van der Waals surface area contributed by atoms with Gasteiger partial charge in [-0.25, -0.2) is 9.59 Å². The number of methoxy groups -OCH3 is 1. The highest BCUT2D eigenvalue weighted by atomic mass is 16.6. The van der Waals surface area contributed by atoms with Gasteiger partial charge in [0, 0.05) is 19.3 Å². The predicted octanol–water partition coefficient (Wildman–Crippen LogP) is -0.133. The van der Waals surface area contributed by atoms with E-state index >= 15 is 0 Å². The van der Waals surface area contributed by atoms with Crippen LogP contribution in [0.1, 0.15) is 0 Å². The molecule has 8 heteroatoms. The van der Waals surface area contributed by atoms with Gasteiger partial charge in [0.05, 0.1) is 46.2 Å². The highest BCUT2D eigenvalue weighted by molar-refractivity contribution is 5.90. The first-order valence-electron chi connectivity index (χ1n) is 6.46. The molecule has 122 valence electrons. The molecule has 0 aliphatic rings. The third-order valence-electron chi connectivity index (χ3n) is 2.01. The Morgan fingerprint density at radius 3 is 1.76 bits per heavy atom. The van der Waals surface area contributed by atoms with Gasteiger partial charge >= 0.3 is 11.9 Å². The minimum atomic E-state index is -1.20. The number of carboxylic acids is 1. The first-order chi connectivity index (χ1) is 10.2. The molecule has 0 amide bonds. The van der Waals surface area contributed by atoms with Crippen molar-refractivity contribution in [2.75, 3.05) is 60.0 Å². The van der Waals surface area contributed by atoms with Gasteiger partial charge in [0.2, 0.25) is 0 Å². The number of hydrogen-bond donors (Lipinski definition) is 1. The van der Waals surface area contributed by atoms with Crippen LogP contribution in [-0.2, 0) is 33.3 Å². The lowest BCUT2D eigenvalue weighted by Crippen LogP contribution is -2.13. The number of esters is 1. The Bertz CT molecular complexity index is 303. The van der Waals surface area contributed by atoms with E-state index in [1.54, 1.807) is 7.11 Å². The van der Waals surface area contributed by atoms with Crippen molar-refractivity contribution in [1.82, 2.24) is 0 Å². The molecule has 0 aliphatic carbocycles. The van der Waals surface area contributed by atoms with Gasteiger partial charge in [-0.15, -0.1) is 0 Å². The zero-order valence-electron chi connectivity index (χ0n) is 12.1. The third-order valence-corrected chi connectivity index (χ3v) is 2.01. The second-order valence-electron chi connectivity index (χ2n) is 3.67. The summed E-state index contributed by atoms with van der Waals surface area (Å²) in [4.78, 5) is 21.1. The Morgan fingerprint density at radius 1 is 0.810 bits per heavy atom. The number of rotatable bonds is 14. The van der Waals surface area contributed by atoms with Crippen LogP contribution in [0.2, 0.25) is 0 Å². The summed E-state index contributed by atoms with van der Waals surface area (Å²) in [5, 5.41) is 8.29. The van der Waals surface area contributed by atoms with Crippen molar-refractivity contribution in [3.05, 3.63) is 12.2 Å². The van der Waals surface area contributed by atoms with Crippen LogP contribution in [0, 0.1) is 0 Å². The van der Waals surface area contributed by atoms with E-state index in [1.807, 2.05) is 0 Å². The Labute approximate surface area is 123 Å². The van der Waals surface area contributed by atoms with E-state index in [2.05, 4.69) is 4.74 Å². The number of aliphatic carboxylic acids is 1. The molecule has 0 saturated carbocycles. The first kappa shape index (κ1) is 19.5.